The number of thiocarbonyl (C=S) groups is 1. The van der Waals surface area contributed by atoms with Gasteiger partial charge in [0.2, 0.25) is 0 Å². The average molecular weight is 328 g/mol. The minimum Gasteiger partial charge on any atom is -0.497 e. The largest absolute Gasteiger partial charge is 0.497 e. The Labute approximate surface area is 144 Å². The van der Waals surface area contributed by atoms with E-state index < -0.39 is 0 Å². The van der Waals surface area contributed by atoms with Gasteiger partial charge >= 0.3 is 0 Å². The molecule has 122 valence electrons. The van der Waals surface area contributed by atoms with Crippen molar-refractivity contribution in [3.05, 3.63) is 59.2 Å². The van der Waals surface area contributed by atoms with Gasteiger partial charge in [-0.1, -0.05) is 24.3 Å². The van der Waals surface area contributed by atoms with Gasteiger partial charge in [-0.15, -0.1) is 0 Å². The quantitative estimate of drug-likeness (QED) is 0.614. The third kappa shape index (κ3) is 5.57. The van der Waals surface area contributed by atoms with Gasteiger partial charge in [-0.2, -0.15) is 0 Å². The summed E-state index contributed by atoms with van der Waals surface area (Å²) in [5.74, 6) is 0.894. The number of hydrogen-bond donors (Lipinski definition) is 2. The zero-order chi connectivity index (χ0) is 16.7. The van der Waals surface area contributed by atoms with Gasteiger partial charge in [0.15, 0.2) is 5.11 Å². The van der Waals surface area contributed by atoms with Crippen molar-refractivity contribution in [3.8, 4) is 5.75 Å². The summed E-state index contributed by atoms with van der Waals surface area (Å²) in [7, 11) is 1.68. The molecular formula is C19H24N2OS. The molecule has 0 aromatic heterocycles. The second kappa shape index (κ2) is 8.53. The minimum atomic E-state index is 0.674. The van der Waals surface area contributed by atoms with E-state index >= 15 is 0 Å². The lowest BCUT2D eigenvalue weighted by atomic mass is 10.1. The molecular weight excluding hydrogens is 304 g/mol. The molecule has 0 aliphatic carbocycles. The fourth-order valence-corrected chi connectivity index (χ4v) is 2.54. The van der Waals surface area contributed by atoms with Crippen LogP contribution in [0.3, 0.4) is 0 Å². The fraction of sp³-hybridized carbons (Fsp3) is 0.316. The number of anilines is 1. The molecule has 0 heterocycles. The number of rotatable bonds is 6. The molecule has 0 unspecified atom stereocenters. The van der Waals surface area contributed by atoms with Crippen LogP contribution < -0.4 is 15.4 Å². The summed E-state index contributed by atoms with van der Waals surface area (Å²) in [4.78, 5) is 0. The number of ether oxygens (including phenoxy) is 1. The molecule has 3 nitrogen and oxygen atoms in total. The Bertz CT molecular complexity index is 653. The first-order valence-corrected chi connectivity index (χ1v) is 8.24. The summed E-state index contributed by atoms with van der Waals surface area (Å²) >= 11 is 5.36. The van der Waals surface area contributed by atoms with Crippen molar-refractivity contribution < 1.29 is 4.74 Å². The lowest BCUT2D eigenvalue weighted by Crippen LogP contribution is -2.29. The predicted octanol–water partition coefficient (Wildman–Crippen LogP) is 4.23. The number of hydrogen-bond acceptors (Lipinski definition) is 2. The number of benzene rings is 2. The molecule has 2 N–H and O–H groups in total. The lowest BCUT2D eigenvalue weighted by molar-refractivity contribution is 0.414. The van der Waals surface area contributed by atoms with Crippen molar-refractivity contribution in [3.63, 3.8) is 0 Å². The standard InChI is InChI=1S/C19H24N2OS/c1-14-6-7-15(2)18(13-14)21-19(23)20-12-4-5-16-8-10-17(22-3)11-9-16/h6-11,13H,4-5,12H2,1-3H3,(H2,20,21,23). The van der Waals surface area contributed by atoms with Crippen LogP contribution >= 0.6 is 12.2 Å². The van der Waals surface area contributed by atoms with Crippen LogP contribution in [-0.2, 0) is 6.42 Å². The van der Waals surface area contributed by atoms with Gasteiger partial charge in [0.25, 0.3) is 0 Å². The normalized spacial score (nSPS) is 10.2. The van der Waals surface area contributed by atoms with E-state index in [4.69, 9.17) is 17.0 Å². The average Bonchev–Trinajstić information content (AvgIpc) is 2.55. The molecule has 0 saturated carbocycles. The second-order valence-corrected chi connectivity index (χ2v) is 6.06. The van der Waals surface area contributed by atoms with Crippen molar-refractivity contribution in [1.82, 2.24) is 5.32 Å². The summed E-state index contributed by atoms with van der Waals surface area (Å²) in [6.07, 6.45) is 2.05. The SMILES string of the molecule is COc1ccc(CCCNC(=S)Nc2cc(C)ccc2C)cc1. The van der Waals surface area contributed by atoms with Crippen LogP contribution in [0.4, 0.5) is 5.69 Å². The van der Waals surface area contributed by atoms with Crippen molar-refractivity contribution >= 4 is 23.0 Å². The van der Waals surface area contributed by atoms with Gasteiger partial charge in [0.1, 0.15) is 5.75 Å². The molecule has 0 atom stereocenters. The number of methoxy groups -OCH3 is 1. The Hall–Kier alpha value is -2.07. The first-order valence-electron chi connectivity index (χ1n) is 7.83. The van der Waals surface area contributed by atoms with Crippen molar-refractivity contribution in [1.29, 1.82) is 0 Å². The molecule has 23 heavy (non-hydrogen) atoms. The highest BCUT2D eigenvalue weighted by molar-refractivity contribution is 7.80. The Kier molecular flexibility index (Phi) is 6.41. The van der Waals surface area contributed by atoms with Gasteiger partial charge in [0.05, 0.1) is 7.11 Å². The third-order valence-electron chi connectivity index (χ3n) is 3.73. The highest BCUT2D eigenvalue weighted by Crippen LogP contribution is 2.16. The highest BCUT2D eigenvalue weighted by Gasteiger charge is 2.01. The van der Waals surface area contributed by atoms with Gasteiger partial charge in [-0.05, 0) is 73.8 Å². The molecule has 2 aromatic carbocycles. The monoisotopic (exact) mass is 328 g/mol. The van der Waals surface area contributed by atoms with Gasteiger partial charge in [-0.3, -0.25) is 0 Å². The van der Waals surface area contributed by atoms with Gasteiger partial charge < -0.3 is 15.4 Å². The Morgan fingerprint density at radius 2 is 1.83 bits per heavy atom. The van der Waals surface area contributed by atoms with Gasteiger partial charge in [0, 0.05) is 12.2 Å². The van der Waals surface area contributed by atoms with E-state index in [-0.39, 0.29) is 0 Å². The van der Waals surface area contributed by atoms with Crippen LogP contribution in [0.2, 0.25) is 0 Å². The van der Waals surface area contributed by atoms with E-state index in [9.17, 15) is 0 Å². The van der Waals surface area contributed by atoms with E-state index in [2.05, 4.69) is 54.8 Å². The molecule has 0 spiro atoms. The van der Waals surface area contributed by atoms with E-state index in [1.54, 1.807) is 7.11 Å². The molecule has 4 heteroatoms. The van der Waals surface area contributed by atoms with Crippen LogP contribution in [0.25, 0.3) is 0 Å². The van der Waals surface area contributed by atoms with Crippen LogP contribution in [0, 0.1) is 13.8 Å². The zero-order valence-electron chi connectivity index (χ0n) is 14.0. The molecule has 2 aromatic rings. The fourth-order valence-electron chi connectivity index (χ4n) is 2.32. The smallest absolute Gasteiger partial charge is 0.170 e. The summed E-state index contributed by atoms with van der Waals surface area (Å²) in [6, 6.07) is 14.5. The Morgan fingerprint density at radius 1 is 1.09 bits per heavy atom. The molecule has 0 aliphatic rings. The molecule has 0 fully saturated rings. The van der Waals surface area contributed by atoms with Gasteiger partial charge in [-0.25, -0.2) is 0 Å². The molecule has 2 rings (SSSR count). The second-order valence-electron chi connectivity index (χ2n) is 5.65. The zero-order valence-corrected chi connectivity index (χ0v) is 14.8. The molecule has 0 bridgehead atoms. The van der Waals surface area contributed by atoms with Crippen LogP contribution in [0.15, 0.2) is 42.5 Å². The summed E-state index contributed by atoms with van der Waals surface area (Å²) in [6.45, 7) is 5.01. The Balaban J connectivity index is 1.73. The predicted molar refractivity (Wildman–Crippen MR) is 101 cm³/mol. The maximum Gasteiger partial charge on any atom is 0.170 e. The summed E-state index contributed by atoms with van der Waals surface area (Å²) < 4.78 is 5.16. The molecule has 0 saturated heterocycles. The maximum absolute atomic E-state index is 5.36. The van der Waals surface area contributed by atoms with Crippen molar-refractivity contribution in [2.75, 3.05) is 19.0 Å². The first-order chi connectivity index (χ1) is 11.1. The van der Waals surface area contributed by atoms with E-state index in [1.165, 1.54) is 16.7 Å². The minimum absolute atomic E-state index is 0.674. The third-order valence-corrected chi connectivity index (χ3v) is 3.97. The van der Waals surface area contributed by atoms with Crippen LogP contribution in [0.5, 0.6) is 5.75 Å². The van der Waals surface area contributed by atoms with E-state index in [1.807, 2.05) is 12.1 Å². The highest BCUT2D eigenvalue weighted by atomic mass is 32.1. The Morgan fingerprint density at radius 3 is 2.52 bits per heavy atom. The number of aryl methyl sites for hydroxylation is 3. The lowest BCUT2D eigenvalue weighted by Gasteiger charge is -2.13. The molecule has 0 radical (unpaired) electrons. The molecule has 0 aliphatic heterocycles. The summed E-state index contributed by atoms with van der Waals surface area (Å²) in [5.41, 5.74) is 4.79. The topological polar surface area (TPSA) is 33.3 Å². The van der Waals surface area contributed by atoms with Crippen LogP contribution in [-0.4, -0.2) is 18.8 Å². The van der Waals surface area contributed by atoms with E-state index in [0.29, 0.717) is 5.11 Å². The molecule has 0 amide bonds. The first kappa shape index (κ1) is 17.3. The summed E-state index contributed by atoms with van der Waals surface area (Å²) in [5, 5.41) is 7.21. The van der Waals surface area contributed by atoms with Crippen molar-refractivity contribution in [2.24, 2.45) is 0 Å². The number of nitrogens with one attached hydrogen (secondary N) is 2. The van der Waals surface area contributed by atoms with Crippen molar-refractivity contribution in [2.45, 2.75) is 26.7 Å². The van der Waals surface area contributed by atoms with E-state index in [0.717, 1.165) is 30.8 Å². The maximum atomic E-state index is 5.36. The van der Waals surface area contributed by atoms with Crippen LogP contribution in [0.1, 0.15) is 23.1 Å².